The van der Waals surface area contributed by atoms with Crippen LogP contribution in [0.15, 0.2) is 11.4 Å². The van der Waals surface area contributed by atoms with Crippen molar-refractivity contribution in [3.63, 3.8) is 0 Å². The SMILES string of the molecule is Cl.NCC(NC(=O)C1SCCc2sccc21)C1CC1. The van der Waals surface area contributed by atoms with Crippen LogP contribution >= 0.6 is 35.5 Å². The quantitative estimate of drug-likeness (QED) is 0.896. The minimum atomic E-state index is -0.0206. The molecule has 1 aromatic heterocycles. The third-order valence-electron chi connectivity index (χ3n) is 3.69. The van der Waals surface area contributed by atoms with Crippen molar-refractivity contribution in [1.82, 2.24) is 5.32 Å². The molecule has 3 N–H and O–H groups in total. The zero-order valence-electron chi connectivity index (χ0n) is 10.6. The van der Waals surface area contributed by atoms with Crippen molar-refractivity contribution in [3.8, 4) is 0 Å². The summed E-state index contributed by atoms with van der Waals surface area (Å²) in [5.74, 6) is 1.82. The van der Waals surface area contributed by atoms with E-state index in [1.54, 1.807) is 23.1 Å². The Bertz CT molecular complexity index is 448. The normalized spacial score (nSPS) is 23.1. The number of fused-ring (bicyclic) bond motifs is 1. The molecule has 0 aromatic carbocycles. The van der Waals surface area contributed by atoms with Crippen LogP contribution in [0.25, 0.3) is 0 Å². The summed E-state index contributed by atoms with van der Waals surface area (Å²) in [6.07, 6.45) is 3.53. The number of rotatable bonds is 4. The minimum Gasteiger partial charge on any atom is -0.351 e. The van der Waals surface area contributed by atoms with Crippen molar-refractivity contribution < 1.29 is 4.79 Å². The Morgan fingerprint density at radius 1 is 1.53 bits per heavy atom. The minimum absolute atomic E-state index is 0. The highest BCUT2D eigenvalue weighted by Gasteiger charge is 2.34. The van der Waals surface area contributed by atoms with E-state index in [0.717, 1.165) is 12.2 Å². The molecule has 3 nitrogen and oxygen atoms in total. The maximum absolute atomic E-state index is 12.4. The average Bonchev–Trinajstić information content (AvgIpc) is 3.11. The van der Waals surface area contributed by atoms with Gasteiger partial charge in [-0.3, -0.25) is 4.79 Å². The number of aryl methyl sites for hydroxylation is 1. The Morgan fingerprint density at radius 2 is 2.32 bits per heavy atom. The van der Waals surface area contributed by atoms with Gasteiger partial charge in [0.15, 0.2) is 0 Å². The molecule has 2 aliphatic rings. The molecule has 0 bridgehead atoms. The number of hydrogen-bond acceptors (Lipinski definition) is 4. The van der Waals surface area contributed by atoms with Gasteiger partial charge >= 0.3 is 0 Å². The van der Waals surface area contributed by atoms with Crippen LogP contribution in [0, 0.1) is 5.92 Å². The van der Waals surface area contributed by atoms with Crippen LogP contribution in [-0.2, 0) is 11.2 Å². The van der Waals surface area contributed by atoms with Gasteiger partial charge in [0.25, 0.3) is 0 Å². The predicted octanol–water partition coefficient (Wildman–Crippen LogP) is 2.35. The van der Waals surface area contributed by atoms with E-state index in [1.165, 1.54) is 23.3 Å². The molecule has 2 atom stereocenters. The van der Waals surface area contributed by atoms with Crippen LogP contribution in [0.2, 0.25) is 0 Å². The van der Waals surface area contributed by atoms with Crippen molar-refractivity contribution in [1.29, 1.82) is 0 Å². The van der Waals surface area contributed by atoms with Gasteiger partial charge in [-0.1, -0.05) is 0 Å². The predicted molar refractivity (Wildman–Crippen MR) is 84.2 cm³/mol. The topological polar surface area (TPSA) is 55.1 Å². The zero-order chi connectivity index (χ0) is 12.5. The molecule has 1 aromatic rings. The molecule has 6 heteroatoms. The van der Waals surface area contributed by atoms with E-state index in [-0.39, 0.29) is 29.6 Å². The highest BCUT2D eigenvalue weighted by Crippen LogP contribution is 2.40. The molecule has 19 heavy (non-hydrogen) atoms. The fourth-order valence-electron chi connectivity index (χ4n) is 2.49. The fraction of sp³-hybridized carbons (Fsp3) is 0.615. The van der Waals surface area contributed by atoms with Crippen molar-refractivity contribution in [2.75, 3.05) is 12.3 Å². The summed E-state index contributed by atoms with van der Waals surface area (Å²) < 4.78 is 0. The smallest absolute Gasteiger partial charge is 0.237 e. The maximum atomic E-state index is 12.4. The molecule has 1 aliphatic heterocycles. The number of nitrogens with one attached hydrogen (secondary N) is 1. The average molecular weight is 319 g/mol. The Balaban J connectivity index is 0.00000133. The summed E-state index contributed by atoms with van der Waals surface area (Å²) in [5.41, 5.74) is 6.97. The summed E-state index contributed by atoms with van der Waals surface area (Å²) in [6.45, 7) is 0.560. The van der Waals surface area contributed by atoms with Crippen LogP contribution in [0.4, 0.5) is 0 Å². The van der Waals surface area contributed by atoms with Crippen LogP contribution < -0.4 is 11.1 Å². The Labute approximate surface area is 128 Å². The second kappa shape index (κ2) is 6.48. The van der Waals surface area contributed by atoms with Crippen LogP contribution in [-0.4, -0.2) is 24.2 Å². The first kappa shape index (κ1) is 15.2. The van der Waals surface area contributed by atoms with Gasteiger partial charge in [-0.05, 0) is 47.9 Å². The van der Waals surface area contributed by atoms with Crippen molar-refractivity contribution in [3.05, 3.63) is 21.9 Å². The zero-order valence-corrected chi connectivity index (χ0v) is 13.1. The Hall–Kier alpha value is -0.230. The van der Waals surface area contributed by atoms with E-state index < -0.39 is 0 Å². The molecule has 0 radical (unpaired) electrons. The number of carbonyl (C=O) groups excluding carboxylic acids is 1. The lowest BCUT2D eigenvalue weighted by Crippen LogP contribution is -2.43. The molecule has 2 unspecified atom stereocenters. The van der Waals surface area contributed by atoms with E-state index in [9.17, 15) is 4.79 Å². The highest BCUT2D eigenvalue weighted by molar-refractivity contribution is 8.00. The number of thiophene rings is 1. The fourth-order valence-corrected chi connectivity index (χ4v) is 4.79. The molecule has 106 valence electrons. The first-order chi connectivity index (χ1) is 8.79. The molecule has 1 aliphatic carbocycles. The molecule has 3 rings (SSSR count). The molecule has 1 amide bonds. The molecular weight excluding hydrogens is 300 g/mol. The van der Waals surface area contributed by atoms with E-state index in [2.05, 4.69) is 16.8 Å². The second-order valence-electron chi connectivity index (χ2n) is 4.99. The lowest BCUT2D eigenvalue weighted by Gasteiger charge is -2.24. The summed E-state index contributed by atoms with van der Waals surface area (Å²) >= 11 is 3.53. The first-order valence-corrected chi connectivity index (χ1v) is 8.40. The number of hydrogen-bond donors (Lipinski definition) is 2. The molecule has 2 heterocycles. The monoisotopic (exact) mass is 318 g/mol. The maximum Gasteiger partial charge on any atom is 0.237 e. The molecular formula is C13H19ClN2OS2. The van der Waals surface area contributed by atoms with Gasteiger partial charge < -0.3 is 11.1 Å². The van der Waals surface area contributed by atoms with E-state index in [1.807, 2.05) is 0 Å². The van der Waals surface area contributed by atoms with Crippen molar-refractivity contribution in [2.45, 2.75) is 30.6 Å². The number of amides is 1. The van der Waals surface area contributed by atoms with Gasteiger partial charge in [0.05, 0.1) is 0 Å². The van der Waals surface area contributed by atoms with Gasteiger partial charge in [-0.15, -0.1) is 35.5 Å². The van der Waals surface area contributed by atoms with Crippen LogP contribution in [0.1, 0.15) is 28.5 Å². The highest BCUT2D eigenvalue weighted by atomic mass is 35.5. The number of halogens is 1. The van der Waals surface area contributed by atoms with E-state index in [4.69, 9.17) is 5.73 Å². The lowest BCUT2D eigenvalue weighted by molar-refractivity contribution is -0.121. The molecule has 0 spiro atoms. The number of thioether (sulfide) groups is 1. The lowest BCUT2D eigenvalue weighted by atomic mass is 10.1. The molecule has 1 saturated carbocycles. The van der Waals surface area contributed by atoms with Gasteiger partial charge in [0.1, 0.15) is 5.25 Å². The van der Waals surface area contributed by atoms with E-state index >= 15 is 0 Å². The molecule has 1 fully saturated rings. The van der Waals surface area contributed by atoms with Crippen LogP contribution in [0.3, 0.4) is 0 Å². The largest absolute Gasteiger partial charge is 0.351 e. The van der Waals surface area contributed by atoms with Crippen molar-refractivity contribution >= 4 is 41.4 Å². The van der Waals surface area contributed by atoms with Gasteiger partial charge in [0, 0.05) is 17.5 Å². The molecule has 0 saturated heterocycles. The Kier molecular flexibility index (Phi) is 5.17. The van der Waals surface area contributed by atoms with E-state index in [0.29, 0.717) is 12.5 Å². The summed E-state index contributed by atoms with van der Waals surface area (Å²) in [4.78, 5) is 13.8. The van der Waals surface area contributed by atoms with Crippen molar-refractivity contribution in [2.24, 2.45) is 11.7 Å². The third-order valence-corrected chi connectivity index (χ3v) is 5.92. The van der Waals surface area contributed by atoms with Gasteiger partial charge in [-0.2, -0.15) is 0 Å². The second-order valence-corrected chi connectivity index (χ2v) is 7.20. The number of carbonyl (C=O) groups is 1. The first-order valence-electron chi connectivity index (χ1n) is 6.48. The van der Waals surface area contributed by atoms with Gasteiger partial charge in [0.2, 0.25) is 5.91 Å². The third kappa shape index (κ3) is 3.27. The Morgan fingerprint density at radius 3 is 3.00 bits per heavy atom. The summed E-state index contributed by atoms with van der Waals surface area (Å²) in [7, 11) is 0. The van der Waals surface area contributed by atoms with Gasteiger partial charge in [-0.25, -0.2) is 0 Å². The van der Waals surface area contributed by atoms with Crippen LogP contribution in [0.5, 0.6) is 0 Å². The standard InChI is InChI=1S/C13H18N2OS2.ClH/c14-7-10(8-1-2-8)15-13(16)12-9-3-5-17-11(9)4-6-18-12;/h3,5,8,10,12H,1-2,4,6-7,14H2,(H,15,16);1H. The summed E-state index contributed by atoms with van der Waals surface area (Å²) in [5, 5.41) is 5.22. The summed E-state index contributed by atoms with van der Waals surface area (Å²) in [6, 6.07) is 2.28. The number of nitrogens with two attached hydrogens (primary N) is 1.